The molecule has 0 atom stereocenters. The van der Waals surface area contributed by atoms with E-state index in [0.717, 1.165) is 29.5 Å². The van der Waals surface area contributed by atoms with Gasteiger partial charge in [-0.3, -0.25) is 10.1 Å². The third-order valence-electron chi connectivity index (χ3n) is 3.05. The van der Waals surface area contributed by atoms with E-state index in [0.29, 0.717) is 18.5 Å². The monoisotopic (exact) mass is 308 g/mol. The highest BCUT2D eigenvalue weighted by Crippen LogP contribution is 2.38. The average Bonchev–Trinajstić information content (AvgIpc) is 3.09. The van der Waals surface area contributed by atoms with Crippen molar-refractivity contribution in [2.24, 2.45) is 5.73 Å². The molecule has 9 heteroatoms. The highest BCUT2D eigenvalue weighted by molar-refractivity contribution is 7.99. The maximum Gasteiger partial charge on any atom is 0.237 e. The summed E-state index contributed by atoms with van der Waals surface area (Å²) in [4.78, 5) is 11.9. The minimum Gasteiger partial charge on any atom is -0.338 e. The van der Waals surface area contributed by atoms with Gasteiger partial charge in [0.15, 0.2) is 5.16 Å². The molecule has 2 aromatic heterocycles. The molecule has 0 aromatic carbocycles. The Bertz CT molecular complexity index is 648. The molecule has 1 saturated carbocycles. The summed E-state index contributed by atoms with van der Waals surface area (Å²) in [5.41, 5.74) is 6.38. The molecular weight excluding hydrogens is 292 g/mol. The zero-order valence-corrected chi connectivity index (χ0v) is 12.4. The number of hydrogen-bond acceptors (Lipinski definition) is 7. The van der Waals surface area contributed by atoms with Gasteiger partial charge in [0, 0.05) is 12.1 Å². The number of carbonyl (C=O) groups excluding carboxylic acids is 1. The second-order valence-corrected chi connectivity index (χ2v) is 5.82. The molecule has 21 heavy (non-hydrogen) atoms. The fourth-order valence-electron chi connectivity index (χ4n) is 1.97. The van der Waals surface area contributed by atoms with Crippen LogP contribution >= 0.6 is 11.8 Å². The topological polar surface area (TPSA) is 112 Å². The van der Waals surface area contributed by atoms with Crippen molar-refractivity contribution in [1.82, 2.24) is 19.9 Å². The summed E-state index contributed by atoms with van der Waals surface area (Å²) in [6, 6.07) is 2.10. The van der Waals surface area contributed by atoms with Crippen LogP contribution in [0.25, 0.3) is 0 Å². The van der Waals surface area contributed by atoms with Crippen LogP contribution in [-0.4, -0.2) is 31.6 Å². The van der Waals surface area contributed by atoms with E-state index >= 15 is 0 Å². The third-order valence-corrected chi connectivity index (χ3v) is 4.00. The van der Waals surface area contributed by atoms with Crippen LogP contribution in [0.15, 0.2) is 15.7 Å². The van der Waals surface area contributed by atoms with Crippen LogP contribution in [0.1, 0.15) is 30.4 Å². The van der Waals surface area contributed by atoms with Gasteiger partial charge in [0.2, 0.25) is 11.8 Å². The first-order valence-electron chi connectivity index (χ1n) is 6.67. The number of nitrogens with zero attached hydrogens (tertiary/aromatic N) is 4. The van der Waals surface area contributed by atoms with E-state index in [4.69, 9.17) is 10.3 Å². The van der Waals surface area contributed by atoms with Crippen molar-refractivity contribution >= 4 is 23.6 Å². The summed E-state index contributed by atoms with van der Waals surface area (Å²) in [5, 5.41) is 15.3. The summed E-state index contributed by atoms with van der Waals surface area (Å²) in [6.45, 7) is 2.15. The fraction of sp³-hybridized carbons (Fsp3) is 0.500. The normalized spacial score (nSPS) is 14.4. The molecule has 1 fully saturated rings. The van der Waals surface area contributed by atoms with Gasteiger partial charge < -0.3 is 14.8 Å². The Morgan fingerprint density at radius 3 is 3.00 bits per heavy atom. The Kier molecular flexibility index (Phi) is 3.93. The lowest BCUT2D eigenvalue weighted by Gasteiger charge is -2.06. The van der Waals surface area contributed by atoms with Gasteiger partial charge in [0.1, 0.15) is 5.82 Å². The summed E-state index contributed by atoms with van der Waals surface area (Å²) in [5.74, 6) is 1.18. The molecular formula is C12H16N6O2S. The number of aryl methyl sites for hydroxylation is 1. The van der Waals surface area contributed by atoms with E-state index in [1.807, 2.05) is 4.57 Å². The van der Waals surface area contributed by atoms with Crippen molar-refractivity contribution in [3.05, 3.63) is 17.6 Å². The second kappa shape index (κ2) is 5.86. The molecule has 1 amide bonds. The van der Waals surface area contributed by atoms with E-state index in [1.54, 1.807) is 13.0 Å². The van der Waals surface area contributed by atoms with Crippen molar-refractivity contribution in [1.29, 1.82) is 0 Å². The van der Waals surface area contributed by atoms with Crippen LogP contribution in [-0.2, 0) is 11.3 Å². The Morgan fingerprint density at radius 2 is 2.38 bits per heavy atom. The number of nitrogens with one attached hydrogen (secondary N) is 1. The molecule has 3 N–H and O–H groups in total. The van der Waals surface area contributed by atoms with Crippen LogP contribution in [0.4, 0.5) is 5.88 Å². The van der Waals surface area contributed by atoms with Gasteiger partial charge in [-0.2, -0.15) is 0 Å². The molecule has 0 radical (unpaired) electrons. The van der Waals surface area contributed by atoms with Gasteiger partial charge in [0.25, 0.3) is 0 Å². The first kappa shape index (κ1) is 14.1. The summed E-state index contributed by atoms with van der Waals surface area (Å²) < 4.78 is 6.98. The minimum absolute atomic E-state index is 0.171. The lowest BCUT2D eigenvalue weighted by Crippen LogP contribution is -2.14. The molecule has 0 saturated heterocycles. The van der Waals surface area contributed by atoms with Crippen molar-refractivity contribution in [3.63, 3.8) is 0 Å². The minimum atomic E-state index is -0.171. The molecule has 1 aliphatic carbocycles. The standard InChI is InChI=1S/C12H16N6O2S/c1-7-4-11(20-17-7)14-10(19)6-21-12-16-15-9(5-13)18(12)8-2-3-8/h4,8H,2-3,5-6,13H2,1H3,(H,14,19). The Morgan fingerprint density at radius 1 is 1.57 bits per heavy atom. The van der Waals surface area contributed by atoms with E-state index < -0.39 is 0 Å². The summed E-state index contributed by atoms with van der Waals surface area (Å²) >= 11 is 1.35. The van der Waals surface area contributed by atoms with E-state index in [2.05, 4.69) is 20.7 Å². The fourth-order valence-corrected chi connectivity index (χ4v) is 2.80. The molecule has 0 spiro atoms. The van der Waals surface area contributed by atoms with Crippen molar-refractivity contribution in [3.8, 4) is 0 Å². The first-order chi connectivity index (χ1) is 10.2. The zero-order valence-electron chi connectivity index (χ0n) is 11.6. The van der Waals surface area contributed by atoms with E-state index in [9.17, 15) is 4.79 Å². The lowest BCUT2D eigenvalue weighted by molar-refractivity contribution is -0.113. The van der Waals surface area contributed by atoms with Gasteiger partial charge >= 0.3 is 0 Å². The van der Waals surface area contributed by atoms with Gasteiger partial charge in [-0.1, -0.05) is 16.9 Å². The van der Waals surface area contributed by atoms with Crippen molar-refractivity contribution < 1.29 is 9.32 Å². The number of thioether (sulfide) groups is 1. The number of amides is 1. The maximum atomic E-state index is 11.9. The van der Waals surface area contributed by atoms with Gasteiger partial charge in [0.05, 0.1) is 18.0 Å². The van der Waals surface area contributed by atoms with Crippen molar-refractivity contribution in [2.75, 3.05) is 11.1 Å². The van der Waals surface area contributed by atoms with E-state index in [1.165, 1.54) is 11.8 Å². The number of rotatable bonds is 6. The number of hydrogen-bond donors (Lipinski definition) is 2. The molecule has 0 aliphatic heterocycles. The van der Waals surface area contributed by atoms with Gasteiger partial charge in [-0.25, -0.2) is 0 Å². The molecule has 112 valence electrons. The number of carbonyl (C=O) groups is 1. The molecule has 1 aliphatic rings. The average molecular weight is 308 g/mol. The first-order valence-corrected chi connectivity index (χ1v) is 7.65. The molecule has 0 bridgehead atoms. The van der Waals surface area contributed by atoms with Crippen molar-refractivity contribution in [2.45, 2.75) is 37.5 Å². The molecule has 0 unspecified atom stereocenters. The summed E-state index contributed by atoms with van der Waals surface area (Å²) in [7, 11) is 0. The SMILES string of the molecule is Cc1cc(NC(=O)CSc2nnc(CN)n2C2CC2)on1. The molecule has 2 aromatic rings. The molecule has 3 rings (SSSR count). The van der Waals surface area contributed by atoms with Gasteiger partial charge in [-0.05, 0) is 19.8 Å². The Labute approximate surface area is 125 Å². The highest BCUT2D eigenvalue weighted by atomic mass is 32.2. The zero-order chi connectivity index (χ0) is 14.8. The third kappa shape index (κ3) is 3.24. The second-order valence-electron chi connectivity index (χ2n) is 4.87. The molecule has 2 heterocycles. The van der Waals surface area contributed by atoms with E-state index in [-0.39, 0.29) is 11.7 Å². The Hall–Kier alpha value is -1.87. The predicted octanol–water partition coefficient (Wildman–Crippen LogP) is 1.10. The number of nitrogens with two attached hydrogens (primary N) is 1. The van der Waals surface area contributed by atoms with Crippen LogP contribution in [0.3, 0.4) is 0 Å². The van der Waals surface area contributed by atoms with Crippen LogP contribution in [0, 0.1) is 6.92 Å². The molecule has 8 nitrogen and oxygen atoms in total. The van der Waals surface area contributed by atoms with Crippen LogP contribution in [0.2, 0.25) is 0 Å². The van der Waals surface area contributed by atoms with Crippen LogP contribution < -0.4 is 11.1 Å². The lowest BCUT2D eigenvalue weighted by atomic mass is 10.5. The predicted molar refractivity (Wildman–Crippen MR) is 76.8 cm³/mol. The smallest absolute Gasteiger partial charge is 0.237 e. The maximum absolute atomic E-state index is 11.9. The van der Waals surface area contributed by atoms with Crippen LogP contribution in [0.5, 0.6) is 0 Å². The van der Waals surface area contributed by atoms with Gasteiger partial charge in [-0.15, -0.1) is 10.2 Å². The quantitative estimate of drug-likeness (QED) is 0.768. The Balaban J connectivity index is 1.60. The number of aromatic nitrogens is 4. The largest absolute Gasteiger partial charge is 0.338 e. The number of anilines is 1. The highest BCUT2D eigenvalue weighted by Gasteiger charge is 2.29. The summed E-state index contributed by atoms with van der Waals surface area (Å²) in [6.07, 6.45) is 2.23.